The first-order valence-electron chi connectivity index (χ1n) is 10.6. The Hall–Kier alpha value is -3.82. The molecule has 35 heavy (non-hydrogen) atoms. The van der Waals surface area contributed by atoms with E-state index in [-0.39, 0.29) is 22.4 Å². The third-order valence-electron chi connectivity index (χ3n) is 5.89. The number of carboxylic acids is 1. The fourth-order valence-corrected chi connectivity index (χ4v) is 4.74. The zero-order valence-electron chi connectivity index (χ0n) is 18.7. The lowest BCUT2D eigenvalue weighted by molar-refractivity contribution is -0.155. The van der Waals surface area contributed by atoms with E-state index in [9.17, 15) is 19.5 Å². The van der Waals surface area contributed by atoms with Gasteiger partial charge in [0, 0.05) is 24.6 Å². The van der Waals surface area contributed by atoms with E-state index < -0.39 is 36.0 Å². The van der Waals surface area contributed by atoms with Gasteiger partial charge in [0.05, 0.1) is 12.2 Å². The molecular weight excluding hydrogens is 478 g/mol. The monoisotopic (exact) mass is 503 g/mol. The van der Waals surface area contributed by atoms with Gasteiger partial charge in [0.2, 0.25) is 11.5 Å². The van der Waals surface area contributed by atoms with Crippen LogP contribution in [0.15, 0.2) is 40.4 Å². The summed E-state index contributed by atoms with van der Waals surface area (Å²) in [6, 6.07) is -1.43. The maximum atomic E-state index is 13.0. The number of aromatic nitrogens is 2. The van der Waals surface area contributed by atoms with Crippen molar-refractivity contribution in [2.45, 2.75) is 31.1 Å². The van der Waals surface area contributed by atoms with Crippen LogP contribution in [0.4, 0.5) is 5.13 Å². The number of rotatable bonds is 8. The number of carboxylic acid groups (broad SMARTS) is 1. The molecule has 186 valence electrons. The Morgan fingerprint density at radius 2 is 2.20 bits per heavy atom. The molecule has 14 nitrogen and oxygen atoms in total. The Labute approximate surface area is 203 Å². The normalized spacial score (nSPS) is 22.1. The first-order chi connectivity index (χ1) is 16.7. The van der Waals surface area contributed by atoms with Gasteiger partial charge < -0.3 is 37.4 Å². The summed E-state index contributed by atoms with van der Waals surface area (Å²) in [5.74, 6) is -2.50. The van der Waals surface area contributed by atoms with Gasteiger partial charge in [-0.2, -0.15) is 9.36 Å². The maximum absolute atomic E-state index is 13.0. The van der Waals surface area contributed by atoms with Crippen molar-refractivity contribution < 1.29 is 24.3 Å². The number of hydrogen-bond donors (Lipinski definition) is 5. The third-order valence-corrected chi connectivity index (χ3v) is 6.44. The van der Waals surface area contributed by atoms with Crippen molar-refractivity contribution in [3.8, 4) is 0 Å². The predicted octanol–water partition coefficient (Wildman–Crippen LogP) is -1.70. The maximum Gasteiger partial charge on any atom is 0.352 e. The number of anilines is 1. The largest absolute Gasteiger partial charge is 0.477 e. The van der Waals surface area contributed by atoms with Crippen LogP contribution >= 0.6 is 11.5 Å². The van der Waals surface area contributed by atoms with Crippen LogP contribution in [0.5, 0.6) is 0 Å². The van der Waals surface area contributed by atoms with E-state index in [0.717, 1.165) is 17.1 Å². The zero-order valence-corrected chi connectivity index (χ0v) is 19.6. The number of carbonyl (C=O) groups excluding carboxylic acids is 2. The van der Waals surface area contributed by atoms with Crippen LogP contribution in [0.1, 0.15) is 18.7 Å². The van der Waals surface area contributed by atoms with Gasteiger partial charge in [-0.1, -0.05) is 11.2 Å². The van der Waals surface area contributed by atoms with E-state index in [1.54, 1.807) is 6.08 Å². The second kappa shape index (κ2) is 9.81. The molecule has 4 rings (SSSR count). The van der Waals surface area contributed by atoms with Crippen molar-refractivity contribution >= 4 is 40.2 Å². The van der Waals surface area contributed by atoms with Crippen molar-refractivity contribution in [1.29, 1.82) is 0 Å². The molecule has 4 heterocycles. The minimum atomic E-state index is -1.21. The van der Waals surface area contributed by atoms with Gasteiger partial charge in [-0.05, 0) is 36.3 Å². The molecule has 15 heteroatoms. The minimum absolute atomic E-state index is 0.0345. The standard InChI is InChI=1S/C20H25N9O5S/c1-34-26-13(16-25-20(23)35-27-16)17(30)24-12-11-5-4-9(14(19(32)33)29(11)18(12)31)7-28-6-2-3-10(8-28)15(21)22/h2-3,6,11-12,15H,4-5,7-8,21-22H2,1H3,(H,24,30)(H,32,33)(H2,23,25,27)/b26-13-/t11?,12-/m0/s1. The number of oxime groups is 1. The molecule has 0 radical (unpaired) electrons. The second-order valence-corrected chi connectivity index (χ2v) is 8.90. The molecule has 2 amide bonds. The van der Waals surface area contributed by atoms with Crippen LogP contribution in [0, 0.1) is 0 Å². The Kier molecular flexibility index (Phi) is 6.81. The van der Waals surface area contributed by atoms with Gasteiger partial charge in [-0.15, -0.1) is 0 Å². The van der Waals surface area contributed by atoms with Gasteiger partial charge >= 0.3 is 5.97 Å². The van der Waals surface area contributed by atoms with E-state index in [1.807, 2.05) is 17.2 Å². The van der Waals surface area contributed by atoms with Gasteiger partial charge in [0.1, 0.15) is 18.8 Å². The summed E-state index contributed by atoms with van der Waals surface area (Å²) in [5, 5.41) is 16.3. The van der Waals surface area contributed by atoms with E-state index >= 15 is 0 Å². The van der Waals surface area contributed by atoms with Crippen LogP contribution in [0.25, 0.3) is 0 Å². The summed E-state index contributed by atoms with van der Waals surface area (Å²) < 4.78 is 3.95. The van der Waals surface area contributed by atoms with Crippen LogP contribution in [-0.4, -0.2) is 86.2 Å². The van der Waals surface area contributed by atoms with E-state index in [1.165, 1.54) is 12.0 Å². The van der Waals surface area contributed by atoms with Crippen LogP contribution in [0.2, 0.25) is 0 Å². The van der Waals surface area contributed by atoms with Gasteiger partial charge in [-0.25, -0.2) is 4.79 Å². The molecule has 1 unspecified atom stereocenters. The molecule has 0 aliphatic carbocycles. The lowest BCUT2D eigenvalue weighted by Crippen LogP contribution is -2.72. The molecular formula is C20H25N9O5S. The highest BCUT2D eigenvalue weighted by Crippen LogP contribution is 2.37. The summed E-state index contributed by atoms with van der Waals surface area (Å²) in [5.41, 5.74) is 18.2. The minimum Gasteiger partial charge on any atom is -0.477 e. The van der Waals surface area contributed by atoms with Crippen LogP contribution in [0.3, 0.4) is 0 Å². The predicted molar refractivity (Wildman–Crippen MR) is 125 cm³/mol. The summed E-state index contributed by atoms with van der Waals surface area (Å²) in [6.45, 7) is 0.759. The molecule has 8 N–H and O–H groups in total. The second-order valence-electron chi connectivity index (χ2n) is 8.12. The molecule has 2 atom stereocenters. The Morgan fingerprint density at radius 3 is 2.83 bits per heavy atom. The number of nitrogens with one attached hydrogen (secondary N) is 1. The Morgan fingerprint density at radius 1 is 1.43 bits per heavy atom. The summed E-state index contributed by atoms with van der Waals surface area (Å²) in [7, 11) is 1.25. The SMILES string of the molecule is CO/N=C(\C(=O)N[C@@H]1C(=O)N2C(C(=O)O)=C(CN3C=CC=C(C(N)N)C3)CCC12)c1nsc(N)n1. The van der Waals surface area contributed by atoms with E-state index in [4.69, 9.17) is 22.0 Å². The highest BCUT2D eigenvalue weighted by Gasteiger charge is 2.53. The quantitative estimate of drug-likeness (QED) is 0.117. The van der Waals surface area contributed by atoms with Crippen molar-refractivity contribution in [2.24, 2.45) is 16.6 Å². The molecule has 1 saturated heterocycles. The number of carbonyl (C=O) groups is 3. The number of aliphatic carboxylic acids is 1. The van der Waals surface area contributed by atoms with E-state index in [2.05, 4.69) is 19.8 Å². The molecule has 1 aromatic rings. The fraction of sp³-hybridized carbons (Fsp3) is 0.400. The molecule has 0 bridgehead atoms. The number of hydrogen-bond acceptors (Lipinski definition) is 12. The molecule has 1 aromatic heterocycles. The highest BCUT2D eigenvalue weighted by molar-refractivity contribution is 7.09. The fourth-order valence-electron chi connectivity index (χ4n) is 4.31. The lowest BCUT2D eigenvalue weighted by Gasteiger charge is -2.50. The van der Waals surface area contributed by atoms with Crippen molar-refractivity contribution in [1.82, 2.24) is 24.5 Å². The molecule has 0 saturated carbocycles. The number of nitrogens with two attached hydrogens (primary N) is 3. The molecule has 0 spiro atoms. The van der Waals surface area contributed by atoms with Crippen molar-refractivity contribution in [2.75, 3.05) is 25.9 Å². The number of amides is 2. The summed E-state index contributed by atoms with van der Waals surface area (Å²) >= 11 is 0.880. The highest BCUT2D eigenvalue weighted by atomic mass is 32.1. The van der Waals surface area contributed by atoms with Crippen molar-refractivity contribution in [3.05, 3.63) is 41.0 Å². The molecule has 3 aliphatic rings. The average molecular weight is 504 g/mol. The first-order valence-corrected chi connectivity index (χ1v) is 11.4. The van der Waals surface area contributed by atoms with Crippen LogP contribution in [-0.2, 0) is 19.2 Å². The van der Waals surface area contributed by atoms with Gasteiger partial charge in [0.15, 0.2) is 5.13 Å². The zero-order chi connectivity index (χ0) is 25.3. The first kappa shape index (κ1) is 24.3. The summed E-state index contributed by atoms with van der Waals surface area (Å²) in [6.07, 6.45) is 5.73. The number of β-lactam (4-membered cyclic amide) rings is 1. The number of fused-ring (bicyclic) bond motifs is 1. The third kappa shape index (κ3) is 4.73. The lowest BCUT2D eigenvalue weighted by atomic mass is 9.83. The molecule has 3 aliphatic heterocycles. The van der Waals surface area contributed by atoms with Crippen molar-refractivity contribution in [3.63, 3.8) is 0 Å². The number of nitrogens with zero attached hydrogens (tertiary/aromatic N) is 5. The summed E-state index contributed by atoms with van der Waals surface area (Å²) in [4.78, 5) is 49.7. The average Bonchev–Trinajstić information content (AvgIpc) is 3.26. The topological polar surface area (TPSA) is 215 Å². The van der Waals surface area contributed by atoms with E-state index in [0.29, 0.717) is 31.5 Å². The Balaban J connectivity index is 1.49. The molecule has 0 aromatic carbocycles. The molecule has 1 fully saturated rings. The van der Waals surface area contributed by atoms with Gasteiger partial charge in [0.25, 0.3) is 11.8 Å². The number of nitrogen functional groups attached to an aromatic ring is 1. The smallest absolute Gasteiger partial charge is 0.352 e. The number of allylic oxidation sites excluding steroid dienone is 2. The Bertz CT molecular complexity index is 1170. The van der Waals surface area contributed by atoms with Gasteiger partial charge in [-0.3, -0.25) is 14.5 Å². The van der Waals surface area contributed by atoms with Crippen LogP contribution < -0.4 is 22.5 Å².